The number of benzene rings is 2. The molecule has 2 aromatic carbocycles. The summed E-state index contributed by atoms with van der Waals surface area (Å²) in [4.78, 5) is 4.71. The van der Waals surface area contributed by atoms with Crippen molar-refractivity contribution in [3.05, 3.63) is 46.5 Å². The van der Waals surface area contributed by atoms with Crippen molar-refractivity contribution >= 4 is 38.8 Å². The summed E-state index contributed by atoms with van der Waals surface area (Å²) < 4.78 is 1.21. The second-order valence-electron chi connectivity index (χ2n) is 4.68. The summed E-state index contributed by atoms with van der Waals surface area (Å²) >= 11 is 7.63. The third-order valence-electron chi connectivity index (χ3n) is 3.07. The minimum atomic E-state index is 0.580. The second kappa shape index (κ2) is 4.51. The van der Waals surface area contributed by atoms with Gasteiger partial charge in [-0.2, -0.15) is 0 Å². The number of rotatable bonds is 1. The van der Waals surface area contributed by atoms with Gasteiger partial charge < -0.3 is 5.73 Å². The zero-order valence-corrected chi connectivity index (χ0v) is 12.3. The number of nitrogens with zero attached hydrogens (tertiary/aromatic N) is 1. The molecule has 0 saturated heterocycles. The summed E-state index contributed by atoms with van der Waals surface area (Å²) in [6, 6.07) is 9.97. The van der Waals surface area contributed by atoms with E-state index in [9.17, 15) is 0 Å². The van der Waals surface area contributed by atoms with Crippen molar-refractivity contribution in [1.29, 1.82) is 0 Å². The van der Waals surface area contributed by atoms with Crippen LogP contribution in [0.15, 0.2) is 30.3 Å². The first-order chi connectivity index (χ1) is 9.04. The number of anilines is 1. The Hall–Kier alpha value is -1.58. The van der Waals surface area contributed by atoms with Crippen molar-refractivity contribution < 1.29 is 0 Å². The minimum Gasteiger partial charge on any atom is -0.398 e. The van der Waals surface area contributed by atoms with Gasteiger partial charge in [0.25, 0.3) is 0 Å². The SMILES string of the molecule is Cc1cc(C)c2nc(-c3ccc(Cl)c(N)c3)sc2c1. The number of aromatic nitrogens is 1. The summed E-state index contributed by atoms with van der Waals surface area (Å²) in [6.45, 7) is 4.20. The van der Waals surface area contributed by atoms with E-state index < -0.39 is 0 Å². The van der Waals surface area contributed by atoms with E-state index in [4.69, 9.17) is 22.3 Å². The van der Waals surface area contributed by atoms with Gasteiger partial charge in [0.2, 0.25) is 0 Å². The number of nitrogen functional groups attached to an aromatic ring is 1. The Labute approximate surface area is 120 Å². The normalized spacial score (nSPS) is 11.1. The van der Waals surface area contributed by atoms with Gasteiger partial charge in [0, 0.05) is 5.56 Å². The van der Waals surface area contributed by atoms with E-state index in [1.165, 1.54) is 15.8 Å². The highest BCUT2D eigenvalue weighted by molar-refractivity contribution is 7.21. The highest BCUT2D eigenvalue weighted by atomic mass is 35.5. The third-order valence-corrected chi connectivity index (χ3v) is 4.47. The number of nitrogens with two attached hydrogens (primary N) is 1. The molecule has 3 aromatic rings. The maximum atomic E-state index is 5.95. The zero-order valence-electron chi connectivity index (χ0n) is 10.7. The summed E-state index contributed by atoms with van der Waals surface area (Å²) in [7, 11) is 0. The molecular weight excluding hydrogens is 276 g/mol. The molecule has 0 radical (unpaired) electrons. The summed E-state index contributed by atoms with van der Waals surface area (Å²) in [5, 5.41) is 1.56. The molecule has 0 aliphatic carbocycles. The molecule has 0 unspecified atom stereocenters. The fourth-order valence-corrected chi connectivity index (χ4v) is 3.43. The molecule has 0 aliphatic rings. The van der Waals surface area contributed by atoms with E-state index >= 15 is 0 Å². The lowest BCUT2D eigenvalue weighted by atomic mass is 10.1. The zero-order chi connectivity index (χ0) is 13.6. The Bertz CT molecular complexity index is 777. The van der Waals surface area contributed by atoms with E-state index in [1.807, 2.05) is 18.2 Å². The Morgan fingerprint density at radius 1 is 1.16 bits per heavy atom. The average Bonchev–Trinajstić information content (AvgIpc) is 2.76. The van der Waals surface area contributed by atoms with Crippen LogP contribution in [0.1, 0.15) is 11.1 Å². The third kappa shape index (κ3) is 2.20. The van der Waals surface area contributed by atoms with Gasteiger partial charge in [-0.3, -0.25) is 0 Å². The first-order valence-corrected chi connectivity index (χ1v) is 7.17. The standard InChI is InChI=1S/C15H13ClN2S/c1-8-5-9(2)14-13(6-8)19-15(18-14)10-3-4-11(16)12(17)7-10/h3-7H,17H2,1-2H3. The van der Waals surface area contributed by atoms with E-state index in [0.717, 1.165) is 16.1 Å². The quantitative estimate of drug-likeness (QED) is 0.652. The maximum Gasteiger partial charge on any atom is 0.124 e. The van der Waals surface area contributed by atoms with Crippen LogP contribution in [0.5, 0.6) is 0 Å². The summed E-state index contributed by atoms with van der Waals surface area (Å²) in [5.41, 5.74) is 11.0. The average molecular weight is 289 g/mol. The van der Waals surface area contributed by atoms with Crippen molar-refractivity contribution in [1.82, 2.24) is 4.98 Å². The Morgan fingerprint density at radius 2 is 1.95 bits per heavy atom. The Kier molecular flexibility index (Phi) is 2.96. The molecule has 3 rings (SSSR count). The van der Waals surface area contributed by atoms with Crippen molar-refractivity contribution in [2.24, 2.45) is 0 Å². The molecule has 0 aliphatic heterocycles. The molecule has 4 heteroatoms. The molecule has 19 heavy (non-hydrogen) atoms. The highest BCUT2D eigenvalue weighted by Crippen LogP contribution is 2.34. The van der Waals surface area contributed by atoms with Gasteiger partial charge in [0.05, 0.1) is 20.9 Å². The summed E-state index contributed by atoms with van der Waals surface area (Å²) in [6.07, 6.45) is 0. The van der Waals surface area contributed by atoms with E-state index in [-0.39, 0.29) is 0 Å². The molecule has 0 amide bonds. The molecule has 96 valence electrons. The number of hydrogen-bond donors (Lipinski definition) is 1. The monoisotopic (exact) mass is 288 g/mol. The van der Waals surface area contributed by atoms with Gasteiger partial charge in [-0.15, -0.1) is 11.3 Å². The van der Waals surface area contributed by atoms with Gasteiger partial charge in [-0.1, -0.05) is 23.7 Å². The molecule has 0 bridgehead atoms. The molecule has 1 aromatic heterocycles. The van der Waals surface area contributed by atoms with Gasteiger partial charge in [0.15, 0.2) is 0 Å². The number of aryl methyl sites for hydroxylation is 2. The molecule has 0 fully saturated rings. The van der Waals surface area contributed by atoms with Crippen molar-refractivity contribution in [2.75, 3.05) is 5.73 Å². The molecule has 0 saturated carbocycles. The second-order valence-corrected chi connectivity index (χ2v) is 6.12. The highest BCUT2D eigenvalue weighted by Gasteiger charge is 2.09. The van der Waals surface area contributed by atoms with Crippen LogP contribution >= 0.6 is 22.9 Å². The lowest BCUT2D eigenvalue weighted by molar-refractivity contribution is 1.38. The van der Waals surface area contributed by atoms with Gasteiger partial charge in [0.1, 0.15) is 5.01 Å². The first-order valence-electron chi connectivity index (χ1n) is 5.98. The lowest BCUT2D eigenvalue weighted by Crippen LogP contribution is -1.87. The molecule has 0 atom stereocenters. The van der Waals surface area contributed by atoms with Crippen molar-refractivity contribution in [3.63, 3.8) is 0 Å². The largest absolute Gasteiger partial charge is 0.398 e. The predicted molar refractivity (Wildman–Crippen MR) is 84.0 cm³/mol. The minimum absolute atomic E-state index is 0.580. The predicted octanol–water partition coefficient (Wildman–Crippen LogP) is 4.82. The van der Waals surface area contributed by atoms with Crippen LogP contribution in [0.4, 0.5) is 5.69 Å². The van der Waals surface area contributed by atoms with Crippen LogP contribution in [0.25, 0.3) is 20.8 Å². The van der Waals surface area contributed by atoms with Crippen LogP contribution in [0.3, 0.4) is 0 Å². The fourth-order valence-electron chi connectivity index (χ4n) is 2.17. The number of thiazole rings is 1. The number of hydrogen-bond acceptors (Lipinski definition) is 3. The molecule has 0 spiro atoms. The molecule has 1 heterocycles. The van der Waals surface area contributed by atoms with Gasteiger partial charge in [-0.25, -0.2) is 4.98 Å². The fraction of sp³-hybridized carbons (Fsp3) is 0.133. The number of halogens is 1. The number of fused-ring (bicyclic) bond motifs is 1. The van der Waals surface area contributed by atoms with Crippen LogP contribution < -0.4 is 5.73 Å². The first kappa shape index (κ1) is 12.5. The molecule has 2 N–H and O–H groups in total. The van der Waals surface area contributed by atoms with E-state index in [1.54, 1.807) is 11.3 Å². The van der Waals surface area contributed by atoms with Gasteiger partial charge in [-0.05, 0) is 43.2 Å². The summed E-state index contributed by atoms with van der Waals surface area (Å²) in [5.74, 6) is 0. The van der Waals surface area contributed by atoms with E-state index in [0.29, 0.717) is 10.7 Å². The van der Waals surface area contributed by atoms with E-state index in [2.05, 4.69) is 26.0 Å². The molecular formula is C15H13ClN2S. The topological polar surface area (TPSA) is 38.9 Å². The smallest absolute Gasteiger partial charge is 0.124 e. The van der Waals surface area contributed by atoms with Crippen LogP contribution in [0.2, 0.25) is 5.02 Å². The van der Waals surface area contributed by atoms with Crippen molar-refractivity contribution in [3.8, 4) is 10.6 Å². The van der Waals surface area contributed by atoms with Gasteiger partial charge >= 0.3 is 0 Å². The Morgan fingerprint density at radius 3 is 2.68 bits per heavy atom. The lowest BCUT2D eigenvalue weighted by Gasteiger charge is -2.00. The van der Waals surface area contributed by atoms with Crippen LogP contribution in [0, 0.1) is 13.8 Å². The maximum absolute atomic E-state index is 5.95. The van der Waals surface area contributed by atoms with Crippen LogP contribution in [-0.4, -0.2) is 4.98 Å². The van der Waals surface area contributed by atoms with Crippen molar-refractivity contribution in [2.45, 2.75) is 13.8 Å². The Balaban J connectivity index is 2.20. The molecule has 2 nitrogen and oxygen atoms in total. The van der Waals surface area contributed by atoms with Crippen LogP contribution in [-0.2, 0) is 0 Å².